The molecule has 0 atom stereocenters. The highest BCUT2D eigenvalue weighted by Crippen LogP contribution is 2.33. The highest BCUT2D eigenvalue weighted by atomic mass is 17.2. The van der Waals surface area contributed by atoms with Gasteiger partial charge in [0.2, 0.25) is 0 Å². The summed E-state index contributed by atoms with van der Waals surface area (Å²) in [7, 11) is 0. The molecule has 0 amide bonds. The zero-order chi connectivity index (χ0) is 18.5. The molecular formula is C22H24O4. The second kappa shape index (κ2) is 8.25. The number of carbonyl (C=O) groups excluding carboxylic acids is 1. The molecule has 0 unspecified atom stereocenters. The summed E-state index contributed by atoms with van der Waals surface area (Å²) in [5.74, 6) is 6.60. The lowest BCUT2D eigenvalue weighted by atomic mass is 9.97. The Kier molecular flexibility index (Phi) is 5.80. The van der Waals surface area contributed by atoms with Crippen LogP contribution in [0.5, 0.6) is 5.75 Å². The van der Waals surface area contributed by atoms with Crippen molar-refractivity contribution in [2.24, 2.45) is 5.92 Å². The predicted octanol–water partition coefficient (Wildman–Crippen LogP) is 4.43. The van der Waals surface area contributed by atoms with Gasteiger partial charge in [-0.3, -0.25) is 4.89 Å². The molecule has 3 rings (SSSR count). The Morgan fingerprint density at radius 2 is 2.12 bits per heavy atom. The summed E-state index contributed by atoms with van der Waals surface area (Å²) >= 11 is 0. The number of hydrogen-bond donors (Lipinski definition) is 1. The Labute approximate surface area is 154 Å². The van der Waals surface area contributed by atoms with E-state index in [0.717, 1.165) is 29.4 Å². The molecule has 0 bridgehead atoms. The largest absolute Gasteiger partial charge is 0.507 e. The van der Waals surface area contributed by atoms with Crippen molar-refractivity contribution in [1.29, 1.82) is 0 Å². The molecule has 26 heavy (non-hydrogen) atoms. The van der Waals surface area contributed by atoms with Gasteiger partial charge in [0.25, 0.3) is 0 Å². The Balaban J connectivity index is 1.77. The zero-order valence-corrected chi connectivity index (χ0v) is 15.3. The van der Waals surface area contributed by atoms with E-state index in [-0.39, 0.29) is 12.2 Å². The van der Waals surface area contributed by atoms with Crippen LogP contribution in [0.3, 0.4) is 0 Å². The molecule has 0 heterocycles. The number of carbonyl (C=O) groups is 1. The van der Waals surface area contributed by atoms with Gasteiger partial charge in [-0.05, 0) is 55.3 Å². The van der Waals surface area contributed by atoms with E-state index in [0.29, 0.717) is 23.5 Å². The molecule has 1 aliphatic rings. The van der Waals surface area contributed by atoms with E-state index in [1.54, 1.807) is 0 Å². The molecule has 136 valence electrons. The first-order valence-corrected chi connectivity index (χ1v) is 9.17. The van der Waals surface area contributed by atoms with Crippen LogP contribution >= 0.6 is 0 Å². The Morgan fingerprint density at radius 3 is 2.85 bits per heavy atom. The molecule has 1 fully saturated rings. The maximum atomic E-state index is 11.9. The fourth-order valence-electron chi connectivity index (χ4n) is 2.77. The van der Waals surface area contributed by atoms with Crippen LogP contribution in [-0.4, -0.2) is 17.7 Å². The van der Waals surface area contributed by atoms with Gasteiger partial charge in [0.05, 0.1) is 13.0 Å². The maximum absolute atomic E-state index is 11.9. The first kappa shape index (κ1) is 18.3. The lowest BCUT2D eigenvalue weighted by Gasteiger charge is -2.11. The van der Waals surface area contributed by atoms with Gasteiger partial charge in [0.15, 0.2) is 0 Å². The van der Waals surface area contributed by atoms with Gasteiger partial charge in [-0.25, -0.2) is 4.79 Å². The molecule has 0 radical (unpaired) electrons. The molecule has 1 saturated carbocycles. The third-order valence-electron chi connectivity index (χ3n) is 4.49. The van der Waals surface area contributed by atoms with Crippen LogP contribution in [0.25, 0.3) is 10.8 Å². The van der Waals surface area contributed by atoms with Crippen LogP contribution < -0.4 is 0 Å². The molecule has 2 aromatic rings. The molecule has 1 aliphatic carbocycles. The number of unbranched alkanes of at least 4 members (excludes halogenated alkanes) is 1. The van der Waals surface area contributed by atoms with Crippen LogP contribution in [0, 0.1) is 24.7 Å². The summed E-state index contributed by atoms with van der Waals surface area (Å²) in [4.78, 5) is 21.6. The van der Waals surface area contributed by atoms with Crippen LogP contribution in [0.2, 0.25) is 0 Å². The molecular weight excluding hydrogens is 328 g/mol. The Hall–Kier alpha value is -2.51. The van der Waals surface area contributed by atoms with Crippen LogP contribution in [0.1, 0.15) is 49.3 Å². The SMILES string of the molecule is CCCCOOC(=O)Cc1c(C)cc2cc(C#CC3CC3)ccc2c1O. The minimum Gasteiger partial charge on any atom is -0.507 e. The van der Waals surface area contributed by atoms with Gasteiger partial charge in [-0.2, -0.15) is 4.89 Å². The molecule has 0 spiro atoms. The van der Waals surface area contributed by atoms with E-state index in [9.17, 15) is 9.90 Å². The van der Waals surface area contributed by atoms with Crippen molar-refractivity contribution in [1.82, 2.24) is 0 Å². The monoisotopic (exact) mass is 352 g/mol. The topological polar surface area (TPSA) is 55.8 Å². The average Bonchev–Trinajstić information content (AvgIpc) is 3.45. The van der Waals surface area contributed by atoms with E-state index in [2.05, 4.69) is 11.8 Å². The second-order valence-electron chi connectivity index (χ2n) is 6.81. The number of aromatic hydroxyl groups is 1. The van der Waals surface area contributed by atoms with Crippen molar-refractivity contribution in [3.8, 4) is 17.6 Å². The van der Waals surface area contributed by atoms with Crippen molar-refractivity contribution >= 4 is 16.7 Å². The molecule has 4 nitrogen and oxygen atoms in total. The molecule has 4 heteroatoms. The van der Waals surface area contributed by atoms with Crippen molar-refractivity contribution < 1.29 is 19.7 Å². The van der Waals surface area contributed by atoms with E-state index in [4.69, 9.17) is 9.78 Å². The van der Waals surface area contributed by atoms with Crippen LogP contribution in [0.15, 0.2) is 24.3 Å². The minimum atomic E-state index is -0.509. The summed E-state index contributed by atoms with van der Waals surface area (Å²) in [6, 6.07) is 7.71. The average molecular weight is 352 g/mol. The van der Waals surface area contributed by atoms with Crippen molar-refractivity contribution in [3.63, 3.8) is 0 Å². The highest BCUT2D eigenvalue weighted by molar-refractivity contribution is 5.92. The predicted molar refractivity (Wildman–Crippen MR) is 101 cm³/mol. The Morgan fingerprint density at radius 1 is 1.31 bits per heavy atom. The fourth-order valence-corrected chi connectivity index (χ4v) is 2.77. The van der Waals surface area contributed by atoms with Gasteiger partial charge >= 0.3 is 5.97 Å². The van der Waals surface area contributed by atoms with Crippen LogP contribution in [0.4, 0.5) is 0 Å². The summed E-state index contributed by atoms with van der Waals surface area (Å²) in [5, 5.41) is 12.2. The lowest BCUT2D eigenvalue weighted by Crippen LogP contribution is -2.10. The number of benzene rings is 2. The summed E-state index contributed by atoms with van der Waals surface area (Å²) in [6.45, 7) is 4.29. The number of hydrogen-bond acceptors (Lipinski definition) is 4. The fraction of sp³-hybridized carbons (Fsp3) is 0.409. The van der Waals surface area contributed by atoms with Gasteiger partial charge in [0, 0.05) is 22.4 Å². The highest BCUT2D eigenvalue weighted by Gasteiger charge is 2.18. The third kappa shape index (κ3) is 4.56. The summed E-state index contributed by atoms with van der Waals surface area (Å²) in [6.07, 6.45) is 4.17. The quantitative estimate of drug-likeness (QED) is 0.362. The standard InChI is InChI=1S/C22H24O4/c1-3-4-11-25-26-21(23)14-20-15(2)12-18-13-17(8-7-16-5-6-16)9-10-19(18)22(20)24/h9-10,12-13,16,24H,3-6,11,14H2,1-2H3. The van der Waals surface area contributed by atoms with Gasteiger partial charge in [-0.1, -0.05) is 31.3 Å². The van der Waals surface area contributed by atoms with Gasteiger partial charge in [-0.15, -0.1) is 0 Å². The normalized spacial score (nSPS) is 13.3. The van der Waals surface area contributed by atoms with Crippen molar-refractivity contribution in [2.75, 3.05) is 6.61 Å². The van der Waals surface area contributed by atoms with Crippen molar-refractivity contribution in [3.05, 3.63) is 41.0 Å². The molecule has 0 aromatic heterocycles. The number of phenolic OH excluding ortho intramolecular Hbond substituents is 1. The molecule has 0 saturated heterocycles. The molecule has 2 aromatic carbocycles. The minimum absolute atomic E-state index is 0.0248. The summed E-state index contributed by atoms with van der Waals surface area (Å²) in [5.41, 5.74) is 2.35. The van der Waals surface area contributed by atoms with Crippen molar-refractivity contribution in [2.45, 2.75) is 46.0 Å². The van der Waals surface area contributed by atoms with E-state index < -0.39 is 5.97 Å². The third-order valence-corrected chi connectivity index (χ3v) is 4.49. The Bertz CT molecular complexity index is 869. The smallest absolute Gasteiger partial charge is 0.346 e. The van der Waals surface area contributed by atoms with Gasteiger partial charge < -0.3 is 5.11 Å². The van der Waals surface area contributed by atoms with Crippen LogP contribution in [-0.2, 0) is 21.0 Å². The van der Waals surface area contributed by atoms with E-state index >= 15 is 0 Å². The van der Waals surface area contributed by atoms with E-state index in [1.165, 1.54) is 12.8 Å². The molecule has 1 N–H and O–H groups in total. The second-order valence-corrected chi connectivity index (χ2v) is 6.81. The molecule has 0 aliphatic heterocycles. The van der Waals surface area contributed by atoms with E-state index in [1.807, 2.05) is 38.1 Å². The first-order chi connectivity index (χ1) is 12.6. The number of rotatable bonds is 6. The zero-order valence-electron chi connectivity index (χ0n) is 15.3. The number of fused-ring (bicyclic) bond motifs is 1. The number of aryl methyl sites for hydroxylation is 1. The van der Waals surface area contributed by atoms with Gasteiger partial charge in [0.1, 0.15) is 5.75 Å². The first-order valence-electron chi connectivity index (χ1n) is 9.17. The maximum Gasteiger partial charge on any atom is 0.346 e. The number of phenols is 1. The summed E-state index contributed by atoms with van der Waals surface area (Å²) < 4.78 is 0. The lowest BCUT2D eigenvalue weighted by molar-refractivity contribution is -0.272.